The van der Waals surface area contributed by atoms with Gasteiger partial charge in [0.05, 0.1) is 28.4 Å². The number of benzene rings is 3. The highest BCUT2D eigenvalue weighted by Gasteiger charge is 2.18. The summed E-state index contributed by atoms with van der Waals surface area (Å²) >= 11 is 0. The predicted octanol–water partition coefficient (Wildman–Crippen LogP) is 5.87. The van der Waals surface area contributed by atoms with Crippen LogP contribution in [0.25, 0.3) is 22.2 Å². The first kappa shape index (κ1) is 25.8. The molecule has 0 aliphatic carbocycles. The van der Waals surface area contributed by atoms with Crippen LogP contribution in [0.15, 0.2) is 60.7 Å². The van der Waals surface area contributed by atoms with Gasteiger partial charge in [0.2, 0.25) is 5.75 Å². The van der Waals surface area contributed by atoms with Crippen LogP contribution in [0.5, 0.6) is 28.7 Å². The molecule has 0 saturated carbocycles. The number of aromatic nitrogens is 1. The Morgan fingerprint density at radius 3 is 2.03 bits per heavy atom. The zero-order valence-corrected chi connectivity index (χ0v) is 22.7. The molecule has 0 N–H and O–H groups in total. The van der Waals surface area contributed by atoms with Gasteiger partial charge >= 0.3 is 0 Å². The predicted molar refractivity (Wildman–Crippen MR) is 150 cm³/mol. The molecule has 38 heavy (non-hydrogen) atoms. The van der Waals surface area contributed by atoms with Gasteiger partial charge in [-0.2, -0.15) is 0 Å². The molecule has 1 saturated heterocycles. The summed E-state index contributed by atoms with van der Waals surface area (Å²) in [4.78, 5) is 2.46. The van der Waals surface area contributed by atoms with E-state index in [4.69, 9.17) is 23.7 Å². The SMILES string of the molecule is COc1ccc2c(c1)cc(-c1cc(OC)c(OC)c(OC)c1)n2Cc1ccc(OCCN2CCCC2)cc1. The Bertz CT molecular complexity index is 1350. The van der Waals surface area contributed by atoms with Crippen LogP contribution in [-0.2, 0) is 6.54 Å². The van der Waals surface area contributed by atoms with Crippen molar-refractivity contribution in [1.82, 2.24) is 9.47 Å². The van der Waals surface area contributed by atoms with Crippen molar-refractivity contribution in [1.29, 1.82) is 0 Å². The summed E-state index contributed by atoms with van der Waals surface area (Å²) in [6.07, 6.45) is 2.60. The number of ether oxygens (including phenoxy) is 5. The van der Waals surface area contributed by atoms with Gasteiger partial charge < -0.3 is 28.3 Å². The van der Waals surface area contributed by atoms with Crippen LogP contribution in [0.4, 0.5) is 0 Å². The van der Waals surface area contributed by atoms with E-state index in [0.717, 1.165) is 40.2 Å². The van der Waals surface area contributed by atoms with Crippen molar-refractivity contribution >= 4 is 10.9 Å². The average molecular weight is 517 g/mol. The summed E-state index contributed by atoms with van der Waals surface area (Å²) in [7, 11) is 6.57. The molecule has 7 heteroatoms. The van der Waals surface area contributed by atoms with Crippen molar-refractivity contribution in [2.24, 2.45) is 0 Å². The van der Waals surface area contributed by atoms with Crippen LogP contribution in [0.1, 0.15) is 18.4 Å². The number of likely N-dealkylation sites (tertiary alicyclic amines) is 1. The number of hydrogen-bond donors (Lipinski definition) is 0. The maximum absolute atomic E-state index is 6.02. The van der Waals surface area contributed by atoms with Crippen molar-refractivity contribution in [3.63, 3.8) is 0 Å². The third-order valence-electron chi connectivity index (χ3n) is 7.21. The first-order valence-electron chi connectivity index (χ1n) is 13.0. The fourth-order valence-electron chi connectivity index (χ4n) is 5.19. The zero-order chi connectivity index (χ0) is 26.5. The molecule has 1 aliphatic rings. The molecule has 4 aromatic rings. The van der Waals surface area contributed by atoms with E-state index in [0.29, 0.717) is 30.4 Å². The van der Waals surface area contributed by atoms with E-state index < -0.39 is 0 Å². The third-order valence-corrected chi connectivity index (χ3v) is 7.21. The molecule has 1 aliphatic heterocycles. The van der Waals surface area contributed by atoms with Crippen LogP contribution in [0, 0.1) is 0 Å². The average Bonchev–Trinajstić information content (AvgIpc) is 3.61. The van der Waals surface area contributed by atoms with Gasteiger partial charge in [-0.3, -0.25) is 4.90 Å². The Balaban J connectivity index is 1.46. The van der Waals surface area contributed by atoms with E-state index in [-0.39, 0.29) is 0 Å². The highest BCUT2D eigenvalue weighted by molar-refractivity contribution is 5.89. The molecule has 3 aromatic carbocycles. The van der Waals surface area contributed by atoms with Gasteiger partial charge in [-0.15, -0.1) is 0 Å². The van der Waals surface area contributed by atoms with Gasteiger partial charge in [-0.1, -0.05) is 12.1 Å². The third kappa shape index (κ3) is 5.38. The van der Waals surface area contributed by atoms with Gasteiger partial charge in [-0.25, -0.2) is 0 Å². The summed E-state index contributed by atoms with van der Waals surface area (Å²) in [5.74, 6) is 3.53. The van der Waals surface area contributed by atoms with Crippen LogP contribution in [0.3, 0.4) is 0 Å². The first-order valence-corrected chi connectivity index (χ1v) is 13.0. The zero-order valence-electron chi connectivity index (χ0n) is 22.7. The second-order valence-corrected chi connectivity index (χ2v) is 9.50. The second-order valence-electron chi connectivity index (χ2n) is 9.50. The molecule has 0 amide bonds. The first-order chi connectivity index (χ1) is 18.6. The summed E-state index contributed by atoms with van der Waals surface area (Å²) in [5.41, 5.74) is 4.30. The van der Waals surface area contributed by atoms with Crippen LogP contribution >= 0.6 is 0 Å². The van der Waals surface area contributed by atoms with Gasteiger partial charge in [0, 0.05) is 35.2 Å². The number of hydrogen-bond acceptors (Lipinski definition) is 6. The summed E-state index contributed by atoms with van der Waals surface area (Å²) in [6, 6.07) is 20.7. The molecule has 0 atom stereocenters. The number of methoxy groups -OCH3 is 4. The molecular formula is C31H36N2O5. The molecule has 0 bridgehead atoms. The Morgan fingerprint density at radius 2 is 1.39 bits per heavy atom. The van der Waals surface area contributed by atoms with E-state index in [1.54, 1.807) is 28.4 Å². The van der Waals surface area contributed by atoms with Crippen LogP contribution in [-0.4, -0.2) is 64.1 Å². The van der Waals surface area contributed by atoms with Crippen molar-refractivity contribution in [2.75, 3.05) is 54.7 Å². The van der Waals surface area contributed by atoms with Crippen molar-refractivity contribution < 1.29 is 23.7 Å². The molecule has 1 fully saturated rings. The standard InChI is InChI=1S/C31H36N2O5/c1-34-26-11-12-27-23(17-26)18-28(24-19-29(35-2)31(37-4)30(20-24)36-3)33(27)21-22-7-9-25(10-8-22)38-16-15-32-13-5-6-14-32/h7-12,17-20H,5-6,13-16,21H2,1-4H3. The van der Waals surface area contributed by atoms with Crippen molar-refractivity contribution in [3.05, 3.63) is 66.2 Å². The molecular weight excluding hydrogens is 480 g/mol. The van der Waals surface area contributed by atoms with Gasteiger partial charge in [0.25, 0.3) is 0 Å². The lowest BCUT2D eigenvalue weighted by Gasteiger charge is -2.17. The highest BCUT2D eigenvalue weighted by atomic mass is 16.5. The molecule has 7 nitrogen and oxygen atoms in total. The normalized spacial score (nSPS) is 13.6. The smallest absolute Gasteiger partial charge is 0.203 e. The van der Waals surface area contributed by atoms with E-state index >= 15 is 0 Å². The second kappa shape index (κ2) is 11.7. The van der Waals surface area contributed by atoms with E-state index in [1.165, 1.54) is 31.5 Å². The maximum Gasteiger partial charge on any atom is 0.203 e. The fourth-order valence-corrected chi connectivity index (χ4v) is 5.19. The minimum Gasteiger partial charge on any atom is -0.497 e. The Hall–Kier alpha value is -3.84. The van der Waals surface area contributed by atoms with Crippen LogP contribution in [0.2, 0.25) is 0 Å². The molecule has 1 aromatic heterocycles. The molecule has 0 radical (unpaired) electrons. The molecule has 200 valence electrons. The minimum absolute atomic E-state index is 0.573. The minimum atomic E-state index is 0.573. The lowest BCUT2D eigenvalue weighted by molar-refractivity contribution is 0.238. The number of fused-ring (bicyclic) bond motifs is 1. The molecule has 5 rings (SSSR count). The lowest BCUT2D eigenvalue weighted by atomic mass is 10.1. The highest BCUT2D eigenvalue weighted by Crippen LogP contribution is 2.42. The van der Waals surface area contributed by atoms with Crippen molar-refractivity contribution in [2.45, 2.75) is 19.4 Å². The Labute approximate surface area is 224 Å². The Kier molecular flexibility index (Phi) is 7.94. The topological polar surface area (TPSA) is 54.3 Å². The van der Waals surface area contributed by atoms with Gasteiger partial charge in [-0.05, 0) is 80.0 Å². The molecule has 0 unspecified atom stereocenters. The fraction of sp³-hybridized carbons (Fsp3) is 0.355. The van der Waals surface area contributed by atoms with Crippen molar-refractivity contribution in [3.8, 4) is 40.0 Å². The van der Waals surface area contributed by atoms with E-state index in [9.17, 15) is 0 Å². The quantitative estimate of drug-likeness (QED) is 0.249. The van der Waals surface area contributed by atoms with E-state index in [2.05, 4.69) is 51.9 Å². The summed E-state index contributed by atoms with van der Waals surface area (Å²) in [6.45, 7) is 4.77. The number of nitrogens with zero attached hydrogens (tertiary/aromatic N) is 2. The molecule has 0 spiro atoms. The van der Waals surface area contributed by atoms with Gasteiger partial charge in [0.15, 0.2) is 11.5 Å². The number of rotatable bonds is 11. The summed E-state index contributed by atoms with van der Waals surface area (Å²) in [5, 5.41) is 1.09. The largest absolute Gasteiger partial charge is 0.497 e. The lowest BCUT2D eigenvalue weighted by Crippen LogP contribution is -2.25. The maximum atomic E-state index is 6.02. The van der Waals surface area contributed by atoms with Gasteiger partial charge in [0.1, 0.15) is 18.1 Å². The van der Waals surface area contributed by atoms with E-state index in [1.807, 2.05) is 18.2 Å². The summed E-state index contributed by atoms with van der Waals surface area (Å²) < 4.78 is 30.6. The Morgan fingerprint density at radius 1 is 0.711 bits per heavy atom. The molecule has 2 heterocycles. The van der Waals surface area contributed by atoms with Crippen LogP contribution < -0.4 is 23.7 Å². The monoisotopic (exact) mass is 516 g/mol.